The fourth-order valence-corrected chi connectivity index (χ4v) is 2.33. The second kappa shape index (κ2) is 6.34. The van der Waals surface area contributed by atoms with Crippen molar-refractivity contribution < 1.29 is 24.9 Å². The van der Waals surface area contributed by atoms with E-state index >= 15 is 0 Å². The number of carboxylic acid groups (broad SMARTS) is 1. The summed E-state index contributed by atoms with van der Waals surface area (Å²) in [5, 5.41) is 26.6. The Morgan fingerprint density at radius 3 is 2.33 bits per heavy atom. The number of aromatic nitrogens is 1. The molecule has 18 heavy (non-hydrogen) atoms. The molecule has 0 unspecified atom stereocenters. The average molecular weight is 273 g/mol. The van der Waals surface area contributed by atoms with Gasteiger partial charge in [0.05, 0.1) is 0 Å². The van der Waals surface area contributed by atoms with Gasteiger partial charge in [-0.05, 0) is 12.8 Å². The molecule has 3 N–H and O–H groups in total. The van der Waals surface area contributed by atoms with Gasteiger partial charge in [-0.3, -0.25) is 14.2 Å². The first kappa shape index (κ1) is 14.4. The number of hydrogen-bond acceptors (Lipinski definition) is 5. The maximum atomic E-state index is 10.9. The van der Waals surface area contributed by atoms with Crippen LogP contribution in [0.2, 0.25) is 0 Å². The molecule has 1 aromatic rings. The lowest BCUT2D eigenvalue weighted by Crippen LogP contribution is -2.18. The highest BCUT2D eigenvalue weighted by molar-refractivity contribution is 8.14. The van der Waals surface area contributed by atoms with Crippen molar-refractivity contribution in [3.05, 3.63) is 12.1 Å². The fourth-order valence-electron chi connectivity index (χ4n) is 1.54. The van der Waals surface area contributed by atoms with Gasteiger partial charge in [0.2, 0.25) is 0 Å². The molecular weight excluding hydrogens is 258 g/mol. The highest BCUT2D eigenvalue weighted by Crippen LogP contribution is 2.23. The first-order valence-corrected chi connectivity index (χ1v) is 6.27. The lowest BCUT2D eigenvalue weighted by atomic mass is 10.2. The molecule has 0 aromatic carbocycles. The largest absolute Gasteiger partial charge is 0.494 e. The lowest BCUT2D eigenvalue weighted by Gasteiger charge is -2.11. The molecule has 0 fully saturated rings. The number of aliphatic carboxylic acids is 1. The summed E-state index contributed by atoms with van der Waals surface area (Å²) in [6, 6.07) is 2.71. The highest BCUT2D eigenvalue weighted by Gasteiger charge is 2.20. The third kappa shape index (κ3) is 3.99. The highest BCUT2D eigenvalue weighted by atomic mass is 32.2. The predicted octanol–water partition coefficient (Wildman–Crippen LogP) is 1.41. The van der Waals surface area contributed by atoms with E-state index in [1.807, 2.05) is 0 Å². The Labute approximate surface area is 108 Å². The molecule has 7 heteroatoms. The zero-order valence-corrected chi connectivity index (χ0v) is 10.7. The number of carbonyl (C=O) groups excluding carboxylic acids is 1. The molecule has 1 aromatic heterocycles. The fraction of sp³-hybridized carbons (Fsp3) is 0.455. The molecule has 0 saturated carbocycles. The molecule has 0 bridgehead atoms. The van der Waals surface area contributed by atoms with Crippen molar-refractivity contribution in [3.63, 3.8) is 0 Å². The van der Waals surface area contributed by atoms with Gasteiger partial charge in [0.1, 0.15) is 5.25 Å². The van der Waals surface area contributed by atoms with Crippen molar-refractivity contribution in [2.24, 2.45) is 0 Å². The average Bonchev–Trinajstić information content (AvgIpc) is 2.58. The van der Waals surface area contributed by atoms with E-state index in [0.717, 1.165) is 11.8 Å². The van der Waals surface area contributed by atoms with Gasteiger partial charge >= 0.3 is 5.97 Å². The molecule has 0 spiro atoms. The van der Waals surface area contributed by atoms with E-state index in [-0.39, 0.29) is 23.3 Å². The number of carboxylic acids is 1. The maximum absolute atomic E-state index is 10.9. The summed E-state index contributed by atoms with van der Waals surface area (Å²) in [4.78, 5) is 21.8. The van der Waals surface area contributed by atoms with Crippen LogP contribution in [0.15, 0.2) is 12.1 Å². The van der Waals surface area contributed by atoms with Gasteiger partial charge < -0.3 is 15.3 Å². The molecule has 0 amide bonds. The topological polar surface area (TPSA) is 99.8 Å². The smallest absolute Gasteiger partial charge is 0.317 e. The van der Waals surface area contributed by atoms with Gasteiger partial charge in [0.15, 0.2) is 16.9 Å². The summed E-state index contributed by atoms with van der Waals surface area (Å²) in [7, 11) is 0. The number of rotatable bonds is 6. The minimum atomic E-state index is -1.03. The van der Waals surface area contributed by atoms with Gasteiger partial charge in [-0.25, -0.2) is 0 Å². The van der Waals surface area contributed by atoms with Crippen molar-refractivity contribution in [2.75, 3.05) is 0 Å². The first-order valence-electron chi connectivity index (χ1n) is 5.39. The van der Waals surface area contributed by atoms with Gasteiger partial charge in [-0.1, -0.05) is 11.8 Å². The summed E-state index contributed by atoms with van der Waals surface area (Å²) >= 11 is 0.781. The van der Waals surface area contributed by atoms with Gasteiger partial charge in [-0.2, -0.15) is 0 Å². The van der Waals surface area contributed by atoms with Crippen LogP contribution in [0.25, 0.3) is 0 Å². The summed E-state index contributed by atoms with van der Waals surface area (Å²) in [5.74, 6) is -1.17. The Kier molecular flexibility index (Phi) is 5.08. The summed E-state index contributed by atoms with van der Waals surface area (Å²) in [5.41, 5.74) is 0. The molecule has 1 heterocycles. The molecule has 6 nitrogen and oxygen atoms in total. The lowest BCUT2D eigenvalue weighted by molar-refractivity contribution is -0.136. The quantitative estimate of drug-likeness (QED) is 0.724. The standard InChI is InChI=1S/C11H15NO5S/c1-7(13)18-8(11(16)17)3-2-6-12-9(14)4-5-10(12)15/h4-5,8,14-15H,2-3,6H2,1H3,(H,16,17)/t8-/m1/s1. The summed E-state index contributed by atoms with van der Waals surface area (Å²) in [6.45, 7) is 1.62. The van der Waals surface area contributed by atoms with Crippen molar-refractivity contribution >= 4 is 22.8 Å². The minimum absolute atomic E-state index is 0.0707. The van der Waals surface area contributed by atoms with Crippen LogP contribution >= 0.6 is 11.8 Å². The summed E-state index contributed by atoms with van der Waals surface area (Å²) < 4.78 is 1.28. The van der Waals surface area contributed by atoms with Crippen LogP contribution in [0.4, 0.5) is 0 Å². The number of aromatic hydroxyl groups is 2. The molecule has 0 aliphatic rings. The van der Waals surface area contributed by atoms with Crippen LogP contribution in [0.5, 0.6) is 11.8 Å². The molecule has 0 aliphatic carbocycles. The minimum Gasteiger partial charge on any atom is -0.494 e. The van der Waals surface area contributed by atoms with E-state index in [1.54, 1.807) is 0 Å². The van der Waals surface area contributed by atoms with E-state index in [9.17, 15) is 19.8 Å². The van der Waals surface area contributed by atoms with Gasteiger partial charge in [0.25, 0.3) is 0 Å². The molecule has 0 radical (unpaired) electrons. The Hall–Kier alpha value is -1.63. The summed E-state index contributed by atoms with van der Waals surface area (Å²) in [6.07, 6.45) is 0.726. The SMILES string of the molecule is CC(=O)S[C@H](CCCn1c(O)ccc1O)C(=O)O. The number of nitrogens with zero attached hydrogens (tertiary/aromatic N) is 1. The Bertz CT molecular complexity index is 423. The second-order valence-electron chi connectivity index (χ2n) is 3.78. The van der Waals surface area contributed by atoms with Crippen LogP contribution in [-0.2, 0) is 16.1 Å². The normalized spacial score (nSPS) is 12.3. The zero-order chi connectivity index (χ0) is 13.7. The number of carbonyl (C=O) groups is 2. The molecular formula is C11H15NO5S. The molecule has 100 valence electrons. The van der Waals surface area contributed by atoms with E-state index in [0.29, 0.717) is 13.0 Å². The Morgan fingerprint density at radius 1 is 1.33 bits per heavy atom. The van der Waals surface area contributed by atoms with Crippen molar-refractivity contribution in [2.45, 2.75) is 31.6 Å². The van der Waals surface area contributed by atoms with Crippen LogP contribution in [-0.4, -0.2) is 36.2 Å². The Morgan fingerprint density at radius 2 is 1.89 bits per heavy atom. The molecule has 0 saturated heterocycles. The van der Waals surface area contributed by atoms with E-state index in [4.69, 9.17) is 5.11 Å². The zero-order valence-electron chi connectivity index (χ0n) is 9.87. The van der Waals surface area contributed by atoms with E-state index in [2.05, 4.69) is 0 Å². The van der Waals surface area contributed by atoms with E-state index in [1.165, 1.54) is 23.6 Å². The second-order valence-corrected chi connectivity index (χ2v) is 5.16. The number of hydrogen-bond donors (Lipinski definition) is 3. The molecule has 0 aliphatic heterocycles. The third-order valence-electron chi connectivity index (χ3n) is 2.37. The van der Waals surface area contributed by atoms with Gasteiger partial charge in [0, 0.05) is 25.6 Å². The van der Waals surface area contributed by atoms with Crippen LogP contribution in [0, 0.1) is 0 Å². The predicted molar refractivity (Wildman–Crippen MR) is 66.7 cm³/mol. The maximum Gasteiger partial charge on any atom is 0.317 e. The van der Waals surface area contributed by atoms with Crippen LogP contribution < -0.4 is 0 Å². The molecule has 1 atom stereocenters. The van der Waals surface area contributed by atoms with Crippen molar-refractivity contribution in [3.8, 4) is 11.8 Å². The van der Waals surface area contributed by atoms with E-state index < -0.39 is 11.2 Å². The van der Waals surface area contributed by atoms with Crippen LogP contribution in [0.1, 0.15) is 19.8 Å². The number of thioether (sulfide) groups is 1. The Balaban J connectivity index is 2.49. The van der Waals surface area contributed by atoms with Crippen LogP contribution in [0.3, 0.4) is 0 Å². The monoisotopic (exact) mass is 273 g/mol. The van der Waals surface area contributed by atoms with Crippen molar-refractivity contribution in [1.82, 2.24) is 4.57 Å². The third-order valence-corrected chi connectivity index (χ3v) is 3.42. The molecule has 1 rings (SSSR count). The van der Waals surface area contributed by atoms with Gasteiger partial charge in [-0.15, -0.1) is 0 Å². The van der Waals surface area contributed by atoms with Crippen molar-refractivity contribution in [1.29, 1.82) is 0 Å². The first-order chi connectivity index (χ1) is 8.41.